The van der Waals surface area contributed by atoms with Gasteiger partial charge in [0, 0.05) is 11.2 Å². The maximum atomic E-state index is 5.91. The molecule has 0 amide bonds. The van der Waals surface area contributed by atoms with Gasteiger partial charge in [-0.15, -0.1) is 0 Å². The predicted octanol–water partition coefficient (Wildman–Crippen LogP) is 2.94. The van der Waals surface area contributed by atoms with E-state index in [9.17, 15) is 0 Å². The number of hydrogen-bond acceptors (Lipinski definition) is 1. The van der Waals surface area contributed by atoms with E-state index in [0.29, 0.717) is 0 Å². The summed E-state index contributed by atoms with van der Waals surface area (Å²) in [6, 6.07) is 3.82. The smallest absolute Gasteiger partial charge is 0.0995 e. The molecule has 68 valence electrons. The Labute approximate surface area is 82.2 Å². The largest absolute Gasteiger partial charge is 0.306 e. The number of nitrogens with zero attached hydrogens (tertiary/aromatic N) is 2. The Morgan fingerprint density at radius 2 is 2.38 bits per heavy atom. The fraction of sp³-hybridized carbons (Fsp3) is 0.300. The van der Waals surface area contributed by atoms with Crippen LogP contribution in [0.3, 0.4) is 0 Å². The van der Waals surface area contributed by atoms with Gasteiger partial charge < -0.3 is 4.40 Å². The molecule has 2 nitrogen and oxygen atoms in total. The molecule has 0 fully saturated rings. The van der Waals surface area contributed by atoms with Gasteiger partial charge in [-0.3, -0.25) is 0 Å². The van der Waals surface area contributed by atoms with E-state index >= 15 is 0 Å². The highest BCUT2D eigenvalue weighted by Crippen LogP contribution is 2.16. The summed E-state index contributed by atoms with van der Waals surface area (Å²) in [5, 5.41) is 0.769. The van der Waals surface area contributed by atoms with E-state index < -0.39 is 0 Å². The number of aromatic nitrogens is 2. The first kappa shape index (κ1) is 8.57. The Bertz CT molecular complexity index is 420. The monoisotopic (exact) mass is 194 g/mol. The zero-order valence-corrected chi connectivity index (χ0v) is 8.25. The highest BCUT2D eigenvalue weighted by molar-refractivity contribution is 6.30. The highest BCUT2D eigenvalue weighted by Gasteiger charge is 2.02. The molecule has 0 saturated heterocycles. The van der Waals surface area contributed by atoms with E-state index in [0.717, 1.165) is 29.1 Å². The lowest BCUT2D eigenvalue weighted by atomic mass is 10.2. The summed E-state index contributed by atoms with van der Waals surface area (Å²) in [6.07, 6.45) is 5.89. The lowest BCUT2D eigenvalue weighted by Gasteiger charge is -1.96. The van der Waals surface area contributed by atoms with Crippen molar-refractivity contribution in [1.82, 2.24) is 9.38 Å². The molecule has 2 rings (SSSR count). The minimum absolute atomic E-state index is 0.769. The molecule has 0 radical (unpaired) electrons. The molecule has 0 aliphatic heterocycles. The molecule has 0 bridgehead atoms. The third-order valence-corrected chi connectivity index (χ3v) is 2.30. The van der Waals surface area contributed by atoms with Crippen molar-refractivity contribution in [3.05, 3.63) is 35.4 Å². The molecule has 0 spiro atoms. The van der Waals surface area contributed by atoms with Gasteiger partial charge in [0.15, 0.2) is 0 Å². The lowest BCUT2D eigenvalue weighted by molar-refractivity contribution is 0.899. The summed E-state index contributed by atoms with van der Waals surface area (Å²) >= 11 is 5.91. The third kappa shape index (κ3) is 1.54. The van der Waals surface area contributed by atoms with E-state index in [-0.39, 0.29) is 0 Å². The normalized spacial score (nSPS) is 10.9. The van der Waals surface area contributed by atoms with Crippen molar-refractivity contribution >= 4 is 17.1 Å². The van der Waals surface area contributed by atoms with Gasteiger partial charge >= 0.3 is 0 Å². The second-order valence-electron chi connectivity index (χ2n) is 3.08. The van der Waals surface area contributed by atoms with Crippen LogP contribution in [0, 0.1) is 0 Å². The average Bonchev–Trinajstić information content (AvgIpc) is 2.49. The van der Waals surface area contributed by atoms with Crippen LogP contribution in [0.1, 0.15) is 19.0 Å². The number of aryl methyl sites for hydroxylation is 1. The first-order valence-electron chi connectivity index (χ1n) is 4.42. The Kier molecular flexibility index (Phi) is 2.23. The molecule has 13 heavy (non-hydrogen) atoms. The zero-order chi connectivity index (χ0) is 9.26. The van der Waals surface area contributed by atoms with Crippen molar-refractivity contribution in [3.8, 4) is 0 Å². The molecule has 0 N–H and O–H groups in total. The molecular formula is C10H11ClN2. The van der Waals surface area contributed by atoms with Crippen molar-refractivity contribution in [3.63, 3.8) is 0 Å². The number of halogens is 1. The molecule has 0 saturated carbocycles. The second kappa shape index (κ2) is 3.38. The minimum Gasteiger partial charge on any atom is -0.306 e. The van der Waals surface area contributed by atoms with Gasteiger partial charge in [-0.1, -0.05) is 24.9 Å². The maximum Gasteiger partial charge on any atom is 0.0995 e. The van der Waals surface area contributed by atoms with E-state index in [4.69, 9.17) is 11.6 Å². The van der Waals surface area contributed by atoms with E-state index in [2.05, 4.69) is 11.9 Å². The molecule has 3 heteroatoms. The summed E-state index contributed by atoms with van der Waals surface area (Å²) in [4.78, 5) is 4.33. The second-order valence-corrected chi connectivity index (χ2v) is 3.52. The Morgan fingerprint density at radius 1 is 1.54 bits per heavy atom. The van der Waals surface area contributed by atoms with Gasteiger partial charge in [-0.25, -0.2) is 4.98 Å². The topological polar surface area (TPSA) is 17.3 Å². The van der Waals surface area contributed by atoms with Crippen LogP contribution in [0.2, 0.25) is 5.02 Å². The number of imidazole rings is 1. The van der Waals surface area contributed by atoms with Crippen molar-refractivity contribution < 1.29 is 0 Å². The number of rotatable bonds is 2. The van der Waals surface area contributed by atoms with E-state index in [1.807, 2.05) is 29.1 Å². The first-order chi connectivity index (χ1) is 6.31. The molecule has 0 atom stereocenters. The predicted molar refractivity (Wildman–Crippen MR) is 54.2 cm³/mol. The maximum absolute atomic E-state index is 5.91. The van der Waals surface area contributed by atoms with Crippen LogP contribution in [-0.4, -0.2) is 9.38 Å². The molecule has 0 aromatic carbocycles. The first-order valence-corrected chi connectivity index (χ1v) is 4.80. The molecule has 2 aromatic rings. The average molecular weight is 195 g/mol. The summed E-state index contributed by atoms with van der Waals surface area (Å²) in [7, 11) is 0. The molecule has 0 aliphatic carbocycles. The molecular weight excluding hydrogens is 184 g/mol. The molecule has 0 aliphatic rings. The number of hydrogen-bond donors (Lipinski definition) is 0. The number of pyridine rings is 1. The van der Waals surface area contributed by atoms with Crippen LogP contribution in [0.15, 0.2) is 24.7 Å². The summed E-state index contributed by atoms with van der Waals surface area (Å²) in [5.74, 6) is 0. The fourth-order valence-electron chi connectivity index (χ4n) is 1.45. The quantitative estimate of drug-likeness (QED) is 0.719. The van der Waals surface area contributed by atoms with Gasteiger partial charge in [0.1, 0.15) is 0 Å². The van der Waals surface area contributed by atoms with Crippen LogP contribution in [-0.2, 0) is 6.42 Å². The Balaban J connectivity index is 2.58. The SMILES string of the molecule is CCCc1ncn2ccc(Cl)cc12. The van der Waals surface area contributed by atoms with Gasteiger partial charge in [0.2, 0.25) is 0 Å². The van der Waals surface area contributed by atoms with Crippen LogP contribution in [0.5, 0.6) is 0 Å². The molecule has 0 unspecified atom stereocenters. The van der Waals surface area contributed by atoms with E-state index in [1.54, 1.807) is 0 Å². The van der Waals surface area contributed by atoms with Crippen molar-refractivity contribution in [2.75, 3.05) is 0 Å². The van der Waals surface area contributed by atoms with Crippen molar-refractivity contribution in [2.45, 2.75) is 19.8 Å². The van der Waals surface area contributed by atoms with Crippen LogP contribution in [0.4, 0.5) is 0 Å². The van der Waals surface area contributed by atoms with E-state index in [1.165, 1.54) is 0 Å². The van der Waals surface area contributed by atoms with Crippen molar-refractivity contribution in [2.24, 2.45) is 0 Å². The third-order valence-electron chi connectivity index (χ3n) is 2.07. The van der Waals surface area contributed by atoms with Crippen molar-refractivity contribution in [1.29, 1.82) is 0 Å². The lowest BCUT2D eigenvalue weighted by Crippen LogP contribution is -1.85. The molecule has 2 heterocycles. The molecule has 2 aromatic heterocycles. The fourth-order valence-corrected chi connectivity index (χ4v) is 1.61. The minimum atomic E-state index is 0.769. The standard InChI is InChI=1S/C10H11ClN2/c1-2-3-9-10-6-8(11)4-5-13(10)7-12-9/h4-7H,2-3H2,1H3. The van der Waals surface area contributed by atoms with Gasteiger partial charge in [0.05, 0.1) is 17.5 Å². The summed E-state index contributed by atoms with van der Waals surface area (Å²) < 4.78 is 2.00. The van der Waals surface area contributed by atoms with Gasteiger partial charge in [-0.05, 0) is 18.6 Å². The summed E-state index contributed by atoms with van der Waals surface area (Å²) in [6.45, 7) is 2.15. The Morgan fingerprint density at radius 3 is 3.15 bits per heavy atom. The Hall–Kier alpha value is -1.02. The van der Waals surface area contributed by atoms with Crippen LogP contribution >= 0.6 is 11.6 Å². The zero-order valence-electron chi connectivity index (χ0n) is 7.50. The van der Waals surface area contributed by atoms with Gasteiger partial charge in [-0.2, -0.15) is 0 Å². The number of fused-ring (bicyclic) bond motifs is 1. The summed E-state index contributed by atoms with van der Waals surface area (Å²) in [5.41, 5.74) is 2.25. The highest BCUT2D eigenvalue weighted by atomic mass is 35.5. The van der Waals surface area contributed by atoms with Gasteiger partial charge in [0.25, 0.3) is 0 Å². The van der Waals surface area contributed by atoms with Crippen LogP contribution < -0.4 is 0 Å². The van der Waals surface area contributed by atoms with Crippen LogP contribution in [0.25, 0.3) is 5.52 Å².